The van der Waals surface area contributed by atoms with Crippen molar-refractivity contribution in [2.24, 2.45) is 22.7 Å². The second-order valence-electron chi connectivity index (χ2n) is 13.4. The first kappa shape index (κ1) is 36.9. The van der Waals surface area contributed by atoms with Crippen molar-refractivity contribution in [2.45, 2.75) is 95.2 Å². The molecule has 4 aliphatic rings. The van der Waals surface area contributed by atoms with Crippen LogP contribution in [0.5, 0.6) is 0 Å². The van der Waals surface area contributed by atoms with Crippen molar-refractivity contribution in [3.8, 4) is 0 Å². The normalized spacial score (nSPS) is 39.8. The molecule has 2 bridgehead atoms. The molecule has 1 aromatic rings. The van der Waals surface area contributed by atoms with Crippen LogP contribution >= 0.6 is 11.3 Å². The monoisotopic (exact) mass is 864 g/mol. The van der Waals surface area contributed by atoms with Gasteiger partial charge < -0.3 is 44.7 Å². The first-order valence-corrected chi connectivity index (χ1v) is 15.7. The summed E-state index contributed by atoms with van der Waals surface area (Å²) >= 11 is 1.36. The van der Waals surface area contributed by atoms with Crippen LogP contribution in [0.4, 0.5) is 4.79 Å². The number of methoxy groups -OCH3 is 1. The molecule has 45 heavy (non-hydrogen) atoms. The van der Waals surface area contributed by atoms with E-state index in [1.54, 1.807) is 53.8 Å². The van der Waals surface area contributed by atoms with Crippen molar-refractivity contribution >= 4 is 29.2 Å². The summed E-state index contributed by atoms with van der Waals surface area (Å²) < 4.78 is 21.9. The first-order valence-electron chi connectivity index (χ1n) is 14.8. The number of rotatable bonds is 6. The van der Waals surface area contributed by atoms with Crippen LogP contribution in [0, 0.1) is 66.7 Å². The van der Waals surface area contributed by atoms with E-state index in [2.05, 4.69) is 5.32 Å². The van der Waals surface area contributed by atoms with Crippen molar-refractivity contribution in [3.63, 3.8) is 0 Å². The number of Topliss-reactive ketones (excluding diaryl/α,β-unsaturated/α-hetero) is 1. The van der Waals surface area contributed by atoms with Crippen molar-refractivity contribution in [1.82, 2.24) is 5.32 Å². The maximum Gasteiger partial charge on any atom is 0.508 e. The number of carbonyl (C=O) groups is 3. The second-order valence-corrected chi connectivity index (χ2v) is 14.4. The van der Waals surface area contributed by atoms with E-state index in [1.165, 1.54) is 11.3 Å². The summed E-state index contributed by atoms with van der Waals surface area (Å²) in [6, 6.07) is 2.84. The standard InChI is InChI=1S/C31H43NO11S.Ac/c1-14-16(42-26(36)23(34)21(32-6)17-9-8-10-44-17)12-31(39)15(2)24-29(5,25(35)22(33)20(14)28(31,3)4)18(43-27(37)40-7)11-19-30(24,38)13-41-19;/h8-10,15-16,18-19,21-24,32-34,38-39H,11-13H2,1-7H3;/t15-,16?,18?,19?,21?,22?,23?,24?,29+,30?,31?;/m0./s1. The fourth-order valence-corrected chi connectivity index (χ4v) is 9.56. The Labute approximate surface area is 302 Å². The van der Waals surface area contributed by atoms with Gasteiger partial charge in [-0.2, -0.15) is 0 Å². The minimum absolute atomic E-state index is 0. The summed E-state index contributed by atoms with van der Waals surface area (Å²) in [7, 11) is 2.75. The van der Waals surface area contributed by atoms with Crippen LogP contribution in [0.15, 0.2) is 28.7 Å². The molecule has 5 N–H and O–H groups in total. The quantitative estimate of drug-likeness (QED) is 0.207. The third-order valence-electron chi connectivity index (χ3n) is 11.2. The molecule has 3 aliphatic carbocycles. The van der Waals surface area contributed by atoms with Crippen LogP contribution in [0.1, 0.15) is 58.4 Å². The third-order valence-corrected chi connectivity index (χ3v) is 12.2. The molecule has 14 heteroatoms. The molecule has 1 radical (unpaired) electrons. The molecule has 12 nitrogen and oxygen atoms in total. The number of aliphatic hydroxyl groups excluding tert-OH is 2. The fourth-order valence-electron chi connectivity index (χ4n) is 8.70. The molecule has 2 saturated carbocycles. The zero-order valence-corrected chi connectivity index (χ0v) is 32.2. The molecular formula is C31H43AcNO11S. The van der Waals surface area contributed by atoms with E-state index in [4.69, 9.17) is 18.9 Å². The first-order chi connectivity index (χ1) is 20.5. The van der Waals surface area contributed by atoms with E-state index in [-0.39, 0.29) is 69.1 Å². The third kappa shape index (κ3) is 5.39. The van der Waals surface area contributed by atoms with Crippen LogP contribution in [-0.4, -0.2) is 101 Å². The van der Waals surface area contributed by atoms with Crippen LogP contribution in [-0.2, 0) is 28.5 Å². The Bertz CT molecular complexity index is 1350. The van der Waals surface area contributed by atoms with Gasteiger partial charge in [-0.3, -0.25) is 4.79 Å². The molecule has 5 rings (SSSR count). The van der Waals surface area contributed by atoms with Crippen LogP contribution < -0.4 is 5.32 Å². The predicted molar refractivity (Wildman–Crippen MR) is 156 cm³/mol. The van der Waals surface area contributed by atoms with E-state index in [1.807, 2.05) is 5.38 Å². The Morgan fingerprint density at radius 2 is 1.87 bits per heavy atom. The molecule has 0 aromatic carbocycles. The van der Waals surface area contributed by atoms with Gasteiger partial charge in [-0.15, -0.1) is 11.3 Å². The minimum Gasteiger partial charge on any atom is -0.456 e. The molecule has 9 unspecified atom stereocenters. The number of nitrogens with one attached hydrogen (secondary N) is 1. The number of ketones is 1. The largest absolute Gasteiger partial charge is 0.508 e. The molecule has 0 amide bonds. The second kappa shape index (κ2) is 12.8. The molecule has 3 fully saturated rings. The van der Waals surface area contributed by atoms with Crippen molar-refractivity contribution in [3.05, 3.63) is 33.5 Å². The predicted octanol–water partition coefficient (Wildman–Crippen LogP) is 1.65. The van der Waals surface area contributed by atoms with Gasteiger partial charge in [0.1, 0.15) is 23.9 Å². The molecule has 1 saturated heterocycles. The van der Waals surface area contributed by atoms with E-state index in [0.29, 0.717) is 5.57 Å². The summed E-state index contributed by atoms with van der Waals surface area (Å²) in [4.78, 5) is 40.9. The number of fused-ring (bicyclic) bond motifs is 5. The maximum atomic E-state index is 14.5. The number of carbonyl (C=O) groups excluding carboxylic acids is 3. The Hall–Kier alpha value is -0.948. The van der Waals surface area contributed by atoms with Crippen molar-refractivity contribution in [1.29, 1.82) is 0 Å². The molecule has 0 spiro atoms. The Balaban J connectivity index is 0.00000461. The molecule has 247 valence electrons. The zero-order valence-electron chi connectivity index (χ0n) is 26.6. The van der Waals surface area contributed by atoms with E-state index >= 15 is 0 Å². The van der Waals surface area contributed by atoms with Gasteiger partial charge in [0.05, 0.1) is 36.9 Å². The van der Waals surface area contributed by atoms with Gasteiger partial charge in [0.25, 0.3) is 0 Å². The van der Waals surface area contributed by atoms with E-state index < -0.39 is 88.3 Å². The number of ether oxygens (including phenoxy) is 4. The SMILES string of the molecule is CNC(c1cccs1)C(O)C(=O)OC1CC2(O)[C@@H](C)C3C4(O)COC4CC(OC(=O)OC)[C@@]3(C)C(=O)C(O)C(=C1C)C2(C)C.[Ac]. The smallest absolute Gasteiger partial charge is 0.456 e. The van der Waals surface area contributed by atoms with Crippen LogP contribution in [0.3, 0.4) is 0 Å². The van der Waals surface area contributed by atoms with Crippen LogP contribution in [0.2, 0.25) is 0 Å². The summed E-state index contributed by atoms with van der Waals surface area (Å²) in [5.74, 6) is -3.55. The summed E-state index contributed by atoms with van der Waals surface area (Å²) in [5.41, 5.74) is -5.68. The number of esters is 1. The number of thiophene rings is 1. The maximum absolute atomic E-state index is 14.5. The summed E-state index contributed by atoms with van der Waals surface area (Å²) in [6.45, 7) is 8.20. The van der Waals surface area contributed by atoms with Gasteiger partial charge in [0, 0.05) is 73.1 Å². The van der Waals surface area contributed by atoms with Gasteiger partial charge in [-0.05, 0) is 49.4 Å². The summed E-state index contributed by atoms with van der Waals surface area (Å²) in [6.07, 6.45) is -7.61. The van der Waals surface area contributed by atoms with E-state index in [0.717, 1.165) is 12.0 Å². The number of aliphatic hydroxyl groups is 4. The Kier molecular flexibility index (Phi) is 10.5. The fraction of sp³-hybridized carbons (Fsp3) is 0.710. The Morgan fingerprint density at radius 3 is 2.40 bits per heavy atom. The molecule has 1 aromatic heterocycles. The molecule has 1 aliphatic heterocycles. The van der Waals surface area contributed by atoms with Gasteiger partial charge in [-0.1, -0.05) is 26.8 Å². The topological polar surface area (TPSA) is 181 Å². The van der Waals surface area contributed by atoms with Crippen molar-refractivity contribution < 1.29 is 97.8 Å². The van der Waals surface area contributed by atoms with E-state index in [9.17, 15) is 34.8 Å². The number of hydrogen-bond donors (Lipinski definition) is 5. The minimum atomic E-state index is -1.80. The Morgan fingerprint density at radius 1 is 1.20 bits per heavy atom. The molecule has 2 heterocycles. The molecule has 11 atom stereocenters. The number of hydrogen-bond acceptors (Lipinski definition) is 13. The van der Waals surface area contributed by atoms with Gasteiger partial charge >= 0.3 is 12.1 Å². The average molecular weight is 865 g/mol. The van der Waals surface area contributed by atoms with Gasteiger partial charge in [-0.25, -0.2) is 9.59 Å². The average Bonchev–Trinajstić information content (AvgIpc) is 3.50. The van der Waals surface area contributed by atoms with Gasteiger partial charge in [0.2, 0.25) is 0 Å². The van der Waals surface area contributed by atoms with Gasteiger partial charge in [0.15, 0.2) is 11.9 Å². The van der Waals surface area contributed by atoms with Crippen LogP contribution in [0.25, 0.3) is 0 Å². The number of likely N-dealkylation sites (N-methyl/N-ethyl adjacent to an activating group) is 1. The summed E-state index contributed by atoms with van der Waals surface area (Å²) in [5, 5.41) is 52.4. The van der Waals surface area contributed by atoms with Crippen molar-refractivity contribution in [2.75, 3.05) is 20.8 Å². The zero-order chi connectivity index (χ0) is 32.6. The molecular weight excluding hydrogens is 821 g/mol.